The van der Waals surface area contributed by atoms with E-state index in [0.29, 0.717) is 5.92 Å². The summed E-state index contributed by atoms with van der Waals surface area (Å²) < 4.78 is 0. The Balaban J connectivity index is -0.000000180. The van der Waals surface area contributed by atoms with Crippen LogP contribution in [0.25, 0.3) is 0 Å². The maximum Gasteiger partial charge on any atom is 2.00 e. The van der Waals surface area contributed by atoms with Crippen LogP contribution in [-0.2, 0) is 42.1 Å². The second kappa shape index (κ2) is 6.11. The molecule has 0 bridgehead atoms. The number of hydrogen-bond acceptors (Lipinski definition) is 0. The smallest absolute Gasteiger partial charge is 0.369 e. The van der Waals surface area contributed by atoms with E-state index in [4.69, 9.17) is 0 Å². The summed E-state index contributed by atoms with van der Waals surface area (Å²) in [4.78, 5) is 0. The first-order chi connectivity index (χ1) is 2.94. The van der Waals surface area contributed by atoms with Crippen LogP contribution in [0.15, 0.2) is 0 Å². The minimum Gasteiger partial charge on any atom is -0.369 e. The van der Waals surface area contributed by atoms with Gasteiger partial charge >= 0.3 is 21.1 Å². The summed E-state index contributed by atoms with van der Waals surface area (Å²) in [6.45, 7) is 14.0. The van der Waals surface area contributed by atoms with Crippen LogP contribution in [0, 0.1) is 25.2 Å². The van der Waals surface area contributed by atoms with E-state index in [0.717, 1.165) is 0 Å². The Labute approximate surface area is 87.7 Å². The molecular weight excluding hydrogens is 452 g/mol. The minimum atomic E-state index is 0. The van der Waals surface area contributed by atoms with Gasteiger partial charge in [-0.25, -0.2) is 0 Å². The zero-order valence-corrected chi connectivity index (χ0v) is 12.2. The predicted octanol–water partition coefficient (Wildman–Crippen LogP) is 2.31. The SMILES string of the molecule is [CH2-]C([CH2-])C(C)(C)C.[W+2].[W]. The van der Waals surface area contributed by atoms with E-state index < -0.39 is 0 Å². The molecule has 0 fully saturated rings. The molecule has 0 amide bonds. The van der Waals surface area contributed by atoms with Gasteiger partial charge < -0.3 is 13.8 Å². The molecule has 0 aromatic rings. The molecule has 54 valence electrons. The van der Waals surface area contributed by atoms with Crippen LogP contribution in [0.3, 0.4) is 0 Å². The van der Waals surface area contributed by atoms with Crippen molar-refractivity contribution in [2.45, 2.75) is 20.8 Å². The molecule has 0 spiro atoms. The molecule has 0 nitrogen and oxygen atoms in total. The topological polar surface area (TPSA) is 0 Å². The molecule has 0 saturated carbocycles. The third-order valence-corrected chi connectivity index (χ3v) is 1.22. The van der Waals surface area contributed by atoms with Gasteiger partial charge in [-0.15, -0.1) is 0 Å². The van der Waals surface area contributed by atoms with Crippen molar-refractivity contribution in [3.8, 4) is 0 Å². The first-order valence-electron chi connectivity index (χ1n) is 2.61. The fourth-order valence-electron chi connectivity index (χ4n) is 0. The quantitative estimate of drug-likeness (QED) is 0.482. The summed E-state index contributed by atoms with van der Waals surface area (Å²) in [5.41, 5.74) is 0.278. The molecule has 9 heavy (non-hydrogen) atoms. The van der Waals surface area contributed by atoms with Gasteiger partial charge in [-0.05, 0) is 0 Å². The Morgan fingerprint density at radius 1 is 1.11 bits per heavy atom. The van der Waals surface area contributed by atoms with Crippen molar-refractivity contribution in [1.82, 2.24) is 0 Å². The molecule has 0 saturated heterocycles. The Morgan fingerprint density at radius 3 is 1.22 bits per heavy atom. The molecular formula is C7H14W2. The Kier molecular flexibility index (Phi) is 11.4. The van der Waals surface area contributed by atoms with Crippen molar-refractivity contribution in [2.24, 2.45) is 11.3 Å². The molecule has 0 heterocycles. The second-order valence-electron chi connectivity index (χ2n) is 3.06. The maximum atomic E-state index is 3.80. The zero-order chi connectivity index (χ0) is 6.08. The van der Waals surface area contributed by atoms with E-state index in [1.165, 1.54) is 0 Å². The van der Waals surface area contributed by atoms with Gasteiger partial charge in [0, 0.05) is 21.1 Å². The summed E-state index contributed by atoms with van der Waals surface area (Å²) in [5, 5.41) is 0. The zero-order valence-electron chi connectivity index (χ0n) is 6.31. The van der Waals surface area contributed by atoms with E-state index in [-0.39, 0.29) is 47.5 Å². The van der Waals surface area contributed by atoms with Gasteiger partial charge in [0.25, 0.3) is 0 Å². The molecule has 0 N–H and O–H groups in total. The molecule has 0 unspecified atom stereocenters. The van der Waals surface area contributed by atoms with Crippen LogP contribution in [0.4, 0.5) is 0 Å². The summed E-state index contributed by atoms with van der Waals surface area (Å²) in [6.07, 6.45) is 0. The minimum absolute atomic E-state index is 0. The Hall–Kier alpha value is 1.38. The second-order valence-corrected chi connectivity index (χ2v) is 3.06. The maximum absolute atomic E-state index is 3.80. The Bertz CT molecular complexity index is 52.4. The van der Waals surface area contributed by atoms with E-state index in [1.54, 1.807) is 0 Å². The van der Waals surface area contributed by atoms with Gasteiger partial charge in [-0.2, -0.15) is 0 Å². The van der Waals surface area contributed by atoms with Gasteiger partial charge in [0.1, 0.15) is 0 Å². The summed E-state index contributed by atoms with van der Waals surface area (Å²) in [7, 11) is 0. The van der Waals surface area contributed by atoms with Crippen molar-refractivity contribution in [2.75, 3.05) is 0 Å². The molecule has 0 aliphatic carbocycles. The van der Waals surface area contributed by atoms with Crippen molar-refractivity contribution >= 4 is 0 Å². The number of hydrogen-bond donors (Lipinski definition) is 0. The summed E-state index contributed by atoms with van der Waals surface area (Å²) in [6, 6.07) is 0. The molecule has 0 radical (unpaired) electrons. The van der Waals surface area contributed by atoms with Crippen molar-refractivity contribution in [3.05, 3.63) is 13.8 Å². The standard InChI is InChI=1S/C7H14.2W/c1-6(2)7(3,4)5;;/h6H,1-2H2,3-5H3;;/q-2;;+2. The predicted molar refractivity (Wildman–Crippen MR) is 33.7 cm³/mol. The van der Waals surface area contributed by atoms with Crippen LogP contribution in [0.2, 0.25) is 0 Å². The molecule has 0 aromatic heterocycles. The van der Waals surface area contributed by atoms with Gasteiger partial charge in [-0.3, -0.25) is 5.92 Å². The Morgan fingerprint density at radius 2 is 1.22 bits per heavy atom. The van der Waals surface area contributed by atoms with Crippen molar-refractivity contribution in [1.29, 1.82) is 0 Å². The van der Waals surface area contributed by atoms with Crippen molar-refractivity contribution < 1.29 is 42.1 Å². The largest absolute Gasteiger partial charge is 2.00 e. The molecule has 0 atom stereocenters. The summed E-state index contributed by atoms with van der Waals surface area (Å²) >= 11 is 0. The van der Waals surface area contributed by atoms with E-state index >= 15 is 0 Å². The third kappa shape index (κ3) is 9.38. The molecule has 2 heteroatoms. The first kappa shape index (κ1) is 16.8. The number of rotatable bonds is 0. The molecule has 0 aromatic carbocycles. The summed E-state index contributed by atoms with van der Waals surface area (Å²) in [5.74, 6) is 0.299. The molecule has 0 aliphatic rings. The van der Waals surface area contributed by atoms with E-state index in [1.807, 2.05) is 0 Å². The molecule has 0 aliphatic heterocycles. The normalized spacial score (nSPS) is 10.0. The van der Waals surface area contributed by atoms with E-state index in [2.05, 4.69) is 34.6 Å². The average molecular weight is 466 g/mol. The fraction of sp³-hybridized carbons (Fsp3) is 0.714. The van der Waals surface area contributed by atoms with Crippen LogP contribution in [0.5, 0.6) is 0 Å². The van der Waals surface area contributed by atoms with Gasteiger partial charge in [-0.1, -0.05) is 26.2 Å². The van der Waals surface area contributed by atoms with Gasteiger partial charge in [0.2, 0.25) is 0 Å². The first-order valence-corrected chi connectivity index (χ1v) is 2.61. The van der Waals surface area contributed by atoms with Gasteiger partial charge in [0.15, 0.2) is 0 Å². The van der Waals surface area contributed by atoms with Crippen LogP contribution in [-0.4, -0.2) is 0 Å². The van der Waals surface area contributed by atoms with Gasteiger partial charge in [0.05, 0.1) is 0 Å². The molecule has 0 rings (SSSR count). The van der Waals surface area contributed by atoms with E-state index in [9.17, 15) is 0 Å². The average Bonchev–Trinajstić information content (AvgIpc) is 1.31. The van der Waals surface area contributed by atoms with Crippen LogP contribution in [0.1, 0.15) is 20.8 Å². The van der Waals surface area contributed by atoms with Crippen molar-refractivity contribution in [3.63, 3.8) is 0 Å². The van der Waals surface area contributed by atoms with Crippen LogP contribution >= 0.6 is 0 Å². The monoisotopic (exact) mass is 466 g/mol. The fourth-order valence-corrected chi connectivity index (χ4v) is 0. The third-order valence-electron chi connectivity index (χ3n) is 1.22. The van der Waals surface area contributed by atoms with Crippen LogP contribution < -0.4 is 0 Å².